The van der Waals surface area contributed by atoms with Crippen molar-refractivity contribution in [1.82, 2.24) is 15.1 Å². The molecule has 0 aromatic heterocycles. The Bertz CT molecular complexity index is 668. The molecule has 0 spiro atoms. The van der Waals surface area contributed by atoms with Crippen LogP contribution in [0.5, 0.6) is 0 Å². The summed E-state index contributed by atoms with van der Waals surface area (Å²) in [6.45, 7) is 8.19. The van der Waals surface area contributed by atoms with E-state index in [0.29, 0.717) is 6.04 Å². The number of piperidine rings is 3. The van der Waals surface area contributed by atoms with Crippen molar-refractivity contribution < 1.29 is 9.53 Å². The summed E-state index contributed by atoms with van der Waals surface area (Å²) in [5.74, 6) is 1.56. The van der Waals surface area contributed by atoms with Gasteiger partial charge in [0.05, 0.1) is 13.2 Å². The van der Waals surface area contributed by atoms with E-state index in [0.717, 1.165) is 55.3 Å². The van der Waals surface area contributed by atoms with E-state index < -0.39 is 0 Å². The largest absolute Gasteiger partial charge is 0.379 e. The fourth-order valence-electron chi connectivity index (χ4n) is 4.87. The Morgan fingerprint density at radius 1 is 1.29 bits per heavy atom. The number of carbonyl (C=O) groups excluding carboxylic acids is 1. The number of hydrogen-bond acceptors (Lipinski definition) is 5. The Morgan fingerprint density at radius 2 is 2.14 bits per heavy atom. The number of nitrogens with zero attached hydrogens (tertiary/aromatic N) is 2. The molecule has 4 heterocycles. The summed E-state index contributed by atoms with van der Waals surface area (Å²) in [5.41, 5.74) is 0.848. The van der Waals surface area contributed by atoms with E-state index in [1.165, 1.54) is 32.5 Å². The highest BCUT2D eigenvalue weighted by Crippen LogP contribution is 2.36. The van der Waals surface area contributed by atoms with Gasteiger partial charge >= 0.3 is 6.03 Å². The van der Waals surface area contributed by atoms with Gasteiger partial charge in [0, 0.05) is 49.3 Å². The minimum atomic E-state index is -0.106. The van der Waals surface area contributed by atoms with Gasteiger partial charge in [-0.25, -0.2) is 4.79 Å². The maximum atomic E-state index is 12.3. The molecule has 4 saturated heterocycles. The summed E-state index contributed by atoms with van der Waals surface area (Å²) in [6.07, 6.45) is 4.55. The molecule has 0 radical (unpaired) electrons. The van der Waals surface area contributed by atoms with Gasteiger partial charge < -0.3 is 15.4 Å². The molecule has 1 aromatic rings. The molecule has 4 fully saturated rings. The summed E-state index contributed by atoms with van der Waals surface area (Å²) >= 11 is 1.68. The van der Waals surface area contributed by atoms with Crippen LogP contribution in [0.3, 0.4) is 0 Å². The summed E-state index contributed by atoms with van der Waals surface area (Å²) in [7, 11) is 0. The van der Waals surface area contributed by atoms with Crippen molar-refractivity contribution >= 4 is 23.5 Å². The SMILES string of the molecule is CSc1cccc(NC(=O)NC[C@@H]2C[C@H]3CCN2C[C@@H]3CN2CCOCC2)c1. The number of nitrogens with one attached hydrogen (secondary N) is 2. The van der Waals surface area contributed by atoms with E-state index in [1.807, 2.05) is 30.5 Å². The molecule has 1 unspecified atom stereocenters. The van der Waals surface area contributed by atoms with Crippen LogP contribution in [0.15, 0.2) is 29.2 Å². The maximum absolute atomic E-state index is 12.3. The lowest BCUT2D eigenvalue weighted by atomic mass is 9.75. The molecule has 2 amide bonds. The number of urea groups is 1. The first-order valence-electron chi connectivity index (χ1n) is 10.4. The number of hydrogen-bond donors (Lipinski definition) is 2. The number of rotatable bonds is 6. The first-order valence-corrected chi connectivity index (χ1v) is 11.7. The normalized spacial score (nSPS) is 30.2. The van der Waals surface area contributed by atoms with E-state index in [1.54, 1.807) is 11.8 Å². The summed E-state index contributed by atoms with van der Waals surface area (Å²) < 4.78 is 5.48. The van der Waals surface area contributed by atoms with Gasteiger partial charge in [-0.2, -0.15) is 0 Å². The second-order valence-electron chi connectivity index (χ2n) is 8.17. The minimum Gasteiger partial charge on any atom is -0.379 e. The first kappa shape index (κ1) is 20.0. The minimum absolute atomic E-state index is 0.106. The fourth-order valence-corrected chi connectivity index (χ4v) is 5.33. The van der Waals surface area contributed by atoms with Crippen molar-refractivity contribution in [2.45, 2.75) is 23.8 Å². The van der Waals surface area contributed by atoms with Crippen LogP contribution in [0.25, 0.3) is 0 Å². The summed E-state index contributed by atoms with van der Waals surface area (Å²) in [5, 5.41) is 6.06. The van der Waals surface area contributed by atoms with Crippen molar-refractivity contribution in [3.8, 4) is 0 Å². The zero-order valence-electron chi connectivity index (χ0n) is 16.7. The smallest absolute Gasteiger partial charge is 0.319 e. The van der Waals surface area contributed by atoms with Gasteiger partial charge in [-0.05, 0) is 55.7 Å². The zero-order valence-corrected chi connectivity index (χ0v) is 17.5. The predicted octanol–water partition coefficient (Wildman–Crippen LogP) is 2.57. The lowest BCUT2D eigenvalue weighted by Gasteiger charge is -2.51. The quantitative estimate of drug-likeness (QED) is 0.714. The molecule has 4 aliphatic heterocycles. The molecule has 0 aliphatic carbocycles. The monoisotopic (exact) mass is 404 g/mol. The standard InChI is InChI=1S/C21H32N4O2S/c1-28-20-4-2-3-18(12-20)23-21(26)22-13-19-11-16-5-6-25(19)15-17(16)14-24-7-9-27-10-8-24/h2-4,12,16-17,19H,5-11,13-15H2,1H3,(H2,22,23,26)/t16-,17+,19+/m1/s1. The average molecular weight is 405 g/mol. The van der Waals surface area contributed by atoms with Crippen LogP contribution in [-0.4, -0.2) is 80.6 Å². The topological polar surface area (TPSA) is 56.8 Å². The van der Waals surface area contributed by atoms with Crippen molar-refractivity contribution in [1.29, 1.82) is 0 Å². The number of anilines is 1. The van der Waals surface area contributed by atoms with E-state index in [4.69, 9.17) is 4.74 Å². The van der Waals surface area contributed by atoms with Gasteiger partial charge in [-0.15, -0.1) is 11.8 Å². The summed E-state index contributed by atoms with van der Waals surface area (Å²) in [6, 6.07) is 8.33. The van der Waals surface area contributed by atoms with Crippen molar-refractivity contribution in [2.24, 2.45) is 11.8 Å². The lowest BCUT2D eigenvalue weighted by Crippen LogP contribution is -2.59. The average Bonchev–Trinajstić information content (AvgIpc) is 2.74. The molecule has 4 atom stereocenters. The molecular weight excluding hydrogens is 372 g/mol. The Morgan fingerprint density at radius 3 is 2.89 bits per heavy atom. The third kappa shape index (κ3) is 5.00. The molecule has 5 rings (SSSR count). The third-order valence-electron chi connectivity index (χ3n) is 6.44. The predicted molar refractivity (Wildman–Crippen MR) is 114 cm³/mol. The van der Waals surface area contributed by atoms with E-state index in [-0.39, 0.29) is 6.03 Å². The second kappa shape index (κ2) is 9.48. The molecule has 2 N–H and O–H groups in total. The van der Waals surface area contributed by atoms with Crippen LogP contribution in [0.4, 0.5) is 10.5 Å². The van der Waals surface area contributed by atoms with Gasteiger partial charge in [0.25, 0.3) is 0 Å². The first-order chi connectivity index (χ1) is 13.7. The molecule has 7 heteroatoms. The van der Waals surface area contributed by atoms with Crippen molar-refractivity contribution in [2.75, 3.05) is 64.1 Å². The molecule has 28 heavy (non-hydrogen) atoms. The number of amides is 2. The highest BCUT2D eigenvalue weighted by Gasteiger charge is 2.40. The van der Waals surface area contributed by atoms with Gasteiger partial charge in [-0.1, -0.05) is 6.07 Å². The zero-order chi connectivity index (χ0) is 19.3. The molecule has 1 aromatic carbocycles. The van der Waals surface area contributed by atoms with Gasteiger partial charge in [-0.3, -0.25) is 9.80 Å². The third-order valence-corrected chi connectivity index (χ3v) is 7.16. The summed E-state index contributed by atoms with van der Waals surface area (Å²) in [4.78, 5) is 18.6. The number of benzene rings is 1. The Hall–Kier alpha value is -1.28. The van der Waals surface area contributed by atoms with Crippen LogP contribution >= 0.6 is 11.8 Å². The van der Waals surface area contributed by atoms with E-state index >= 15 is 0 Å². The van der Waals surface area contributed by atoms with Gasteiger partial charge in [0.2, 0.25) is 0 Å². The van der Waals surface area contributed by atoms with Crippen molar-refractivity contribution in [3.05, 3.63) is 24.3 Å². The van der Waals surface area contributed by atoms with Crippen LogP contribution in [0.2, 0.25) is 0 Å². The molecule has 6 nitrogen and oxygen atoms in total. The van der Waals surface area contributed by atoms with Gasteiger partial charge in [0.1, 0.15) is 0 Å². The Kier molecular flexibility index (Phi) is 6.77. The Labute approximate surface area is 172 Å². The van der Waals surface area contributed by atoms with E-state index in [2.05, 4.69) is 20.4 Å². The van der Waals surface area contributed by atoms with Crippen LogP contribution in [0.1, 0.15) is 12.8 Å². The van der Waals surface area contributed by atoms with Gasteiger partial charge in [0.15, 0.2) is 0 Å². The molecule has 4 aliphatic rings. The van der Waals surface area contributed by atoms with Crippen LogP contribution in [-0.2, 0) is 4.74 Å². The van der Waals surface area contributed by atoms with Crippen LogP contribution in [0, 0.1) is 11.8 Å². The fraction of sp³-hybridized carbons (Fsp3) is 0.667. The second-order valence-corrected chi connectivity index (χ2v) is 9.05. The Balaban J connectivity index is 1.23. The number of fused-ring (bicyclic) bond motifs is 3. The van der Waals surface area contributed by atoms with E-state index in [9.17, 15) is 4.79 Å². The molecule has 0 saturated carbocycles. The highest BCUT2D eigenvalue weighted by atomic mass is 32.2. The number of thioether (sulfide) groups is 1. The molecule has 154 valence electrons. The van der Waals surface area contributed by atoms with Crippen molar-refractivity contribution in [3.63, 3.8) is 0 Å². The number of ether oxygens (including phenoxy) is 1. The number of carbonyl (C=O) groups is 1. The molecular formula is C21H32N4O2S. The molecule has 2 bridgehead atoms. The lowest BCUT2D eigenvalue weighted by molar-refractivity contribution is -0.0289. The van der Waals surface area contributed by atoms with Crippen LogP contribution < -0.4 is 10.6 Å². The highest BCUT2D eigenvalue weighted by molar-refractivity contribution is 7.98. The number of morpholine rings is 1. The maximum Gasteiger partial charge on any atom is 0.319 e.